The highest BCUT2D eigenvalue weighted by atomic mass is 35.5. The molecule has 2 aromatic carbocycles. The standard InChI is InChI=1S/C23H28ClN3O3S/c1-4-6-9-16-27(31(29,30)19-14-12-18(24)13-15-19)17(3)22-25-21-11-8-7-10-20(21)23(28)26(22)5-2/h7-8,10-15,17H,4-6,9,16H2,1-3H3. The highest BCUT2D eigenvalue weighted by molar-refractivity contribution is 7.89. The Bertz CT molecular complexity index is 1210. The number of nitrogens with zero attached hydrogens (tertiary/aromatic N) is 3. The van der Waals surface area contributed by atoms with Gasteiger partial charge in [0.25, 0.3) is 5.56 Å². The molecule has 3 rings (SSSR count). The van der Waals surface area contributed by atoms with Crippen LogP contribution in [0.15, 0.2) is 58.2 Å². The van der Waals surface area contributed by atoms with Crippen molar-refractivity contribution in [2.75, 3.05) is 6.54 Å². The number of hydrogen-bond acceptors (Lipinski definition) is 4. The van der Waals surface area contributed by atoms with Crippen LogP contribution < -0.4 is 5.56 Å². The van der Waals surface area contributed by atoms with E-state index in [0.29, 0.717) is 34.8 Å². The minimum Gasteiger partial charge on any atom is -0.295 e. The Kier molecular flexibility index (Phi) is 7.51. The fourth-order valence-corrected chi connectivity index (χ4v) is 5.48. The van der Waals surface area contributed by atoms with Crippen LogP contribution in [0, 0.1) is 0 Å². The van der Waals surface area contributed by atoms with Crippen molar-refractivity contribution in [2.45, 2.75) is 57.5 Å². The average Bonchev–Trinajstić information content (AvgIpc) is 2.76. The fraction of sp³-hybridized carbons (Fsp3) is 0.391. The molecule has 3 aromatic rings. The number of para-hydroxylation sites is 1. The number of unbranched alkanes of at least 4 members (excludes halogenated alkanes) is 2. The lowest BCUT2D eigenvalue weighted by Crippen LogP contribution is -2.38. The van der Waals surface area contributed by atoms with Gasteiger partial charge in [-0.15, -0.1) is 0 Å². The third-order valence-corrected chi connectivity index (χ3v) is 7.65. The molecule has 1 unspecified atom stereocenters. The molecule has 8 heteroatoms. The van der Waals surface area contributed by atoms with Gasteiger partial charge in [0, 0.05) is 18.1 Å². The van der Waals surface area contributed by atoms with Crippen molar-refractivity contribution in [3.8, 4) is 0 Å². The van der Waals surface area contributed by atoms with Crippen molar-refractivity contribution >= 4 is 32.5 Å². The van der Waals surface area contributed by atoms with E-state index in [1.54, 1.807) is 41.8 Å². The van der Waals surface area contributed by atoms with Gasteiger partial charge < -0.3 is 0 Å². The fourth-order valence-electron chi connectivity index (χ4n) is 3.72. The van der Waals surface area contributed by atoms with Crippen LogP contribution in [0.4, 0.5) is 0 Å². The van der Waals surface area contributed by atoms with Crippen molar-refractivity contribution in [1.29, 1.82) is 0 Å². The van der Waals surface area contributed by atoms with Crippen LogP contribution in [0.25, 0.3) is 10.9 Å². The van der Waals surface area contributed by atoms with Crippen LogP contribution in [0.2, 0.25) is 5.02 Å². The maximum Gasteiger partial charge on any atom is 0.261 e. The number of rotatable bonds is 9. The van der Waals surface area contributed by atoms with Crippen LogP contribution >= 0.6 is 11.6 Å². The Balaban J connectivity index is 2.13. The first kappa shape index (κ1) is 23.4. The maximum absolute atomic E-state index is 13.6. The van der Waals surface area contributed by atoms with Crippen molar-refractivity contribution in [2.24, 2.45) is 0 Å². The average molecular weight is 462 g/mol. The van der Waals surface area contributed by atoms with E-state index in [2.05, 4.69) is 6.92 Å². The van der Waals surface area contributed by atoms with Gasteiger partial charge in [0.05, 0.1) is 21.8 Å². The first-order valence-electron chi connectivity index (χ1n) is 10.6. The summed E-state index contributed by atoms with van der Waals surface area (Å²) in [5.74, 6) is 0.445. The highest BCUT2D eigenvalue weighted by Gasteiger charge is 2.32. The largest absolute Gasteiger partial charge is 0.295 e. The van der Waals surface area contributed by atoms with Crippen LogP contribution in [0.1, 0.15) is 51.9 Å². The van der Waals surface area contributed by atoms with E-state index in [4.69, 9.17) is 16.6 Å². The zero-order chi connectivity index (χ0) is 22.6. The molecule has 166 valence electrons. The Hall–Kier alpha value is -2.22. The second kappa shape index (κ2) is 9.94. The van der Waals surface area contributed by atoms with Crippen LogP contribution in [-0.2, 0) is 16.6 Å². The summed E-state index contributed by atoms with van der Waals surface area (Å²) in [4.78, 5) is 18.0. The van der Waals surface area contributed by atoms with Crippen molar-refractivity contribution in [1.82, 2.24) is 13.9 Å². The van der Waals surface area contributed by atoms with Gasteiger partial charge in [0.15, 0.2) is 0 Å². The van der Waals surface area contributed by atoms with Crippen molar-refractivity contribution in [3.05, 3.63) is 69.7 Å². The smallest absolute Gasteiger partial charge is 0.261 e. The number of benzene rings is 2. The minimum absolute atomic E-state index is 0.160. The van der Waals surface area contributed by atoms with Gasteiger partial charge in [-0.3, -0.25) is 9.36 Å². The first-order chi connectivity index (χ1) is 14.8. The third-order valence-electron chi connectivity index (χ3n) is 5.42. The van der Waals surface area contributed by atoms with E-state index < -0.39 is 16.1 Å². The summed E-state index contributed by atoms with van der Waals surface area (Å²) in [5.41, 5.74) is 0.406. The molecule has 0 saturated carbocycles. The molecule has 0 bridgehead atoms. The molecule has 0 saturated heterocycles. The Morgan fingerprint density at radius 2 is 1.74 bits per heavy atom. The van der Waals surface area contributed by atoms with Crippen LogP contribution in [0.3, 0.4) is 0 Å². The molecule has 31 heavy (non-hydrogen) atoms. The second-order valence-electron chi connectivity index (χ2n) is 7.49. The predicted octanol–water partition coefficient (Wildman–Crippen LogP) is 5.01. The normalized spacial score (nSPS) is 13.1. The molecule has 0 spiro atoms. The summed E-state index contributed by atoms with van der Waals surface area (Å²) in [5, 5.41) is 0.999. The molecule has 0 fully saturated rings. The van der Waals surface area contributed by atoms with Gasteiger partial charge in [-0.25, -0.2) is 13.4 Å². The van der Waals surface area contributed by atoms with E-state index in [-0.39, 0.29) is 10.5 Å². The van der Waals surface area contributed by atoms with Crippen LogP contribution in [0.5, 0.6) is 0 Å². The Morgan fingerprint density at radius 3 is 2.39 bits per heavy atom. The van der Waals surface area contributed by atoms with Gasteiger partial charge in [-0.05, 0) is 56.7 Å². The number of fused-ring (bicyclic) bond motifs is 1. The monoisotopic (exact) mass is 461 g/mol. The Morgan fingerprint density at radius 1 is 1.06 bits per heavy atom. The summed E-state index contributed by atoms with van der Waals surface area (Å²) in [7, 11) is -3.82. The molecular formula is C23H28ClN3O3S. The molecule has 0 amide bonds. The summed E-state index contributed by atoms with van der Waals surface area (Å²) in [6.07, 6.45) is 2.60. The maximum atomic E-state index is 13.6. The zero-order valence-corrected chi connectivity index (χ0v) is 19.7. The number of sulfonamides is 1. The van der Waals surface area contributed by atoms with E-state index in [1.165, 1.54) is 16.4 Å². The van der Waals surface area contributed by atoms with Crippen molar-refractivity contribution < 1.29 is 8.42 Å². The van der Waals surface area contributed by atoms with Crippen LogP contribution in [-0.4, -0.2) is 28.8 Å². The van der Waals surface area contributed by atoms with E-state index >= 15 is 0 Å². The zero-order valence-electron chi connectivity index (χ0n) is 18.1. The third kappa shape index (κ3) is 4.84. The molecule has 1 heterocycles. The van der Waals surface area contributed by atoms with Gasteiger partial charge in [-0.1, -0.05) is 43.5 Å². The molecule has 0 radical (unpaired) electrons. The molecular weight excluding hydrogens is 434 g/mol. The SMILES string of the molecule is CCCCCN(C(C)c1nc2ccccc2c(=O)n1CC)S(=O)(=O)c1ccc(Cl)cc1. The molecule has 0 aliphatic heterocycles. The first-order valence-corrected chi connectivity index (χ1v) is 12.4. The second-order valence-corrected chi connectivity index (χ2v) is 9.82. The molecule has 6 nitrogen and oxygen atoms in total. The van der Waals surface area contributed by atoms with E-state index in [9.17, 15) is 13.2 Å². The van der Waals surface area contributed by atoms with Gasteiger partial charge in [0.1, 0.15) is 5.82 Å². The molecule has 1 aromatic heterocycles. The van der Waals surface area contributed by atoms with Crippen molar-refractivity contribution in [3.63, 3.8) is 0 Å². The minimum atomic E-state index is -3.82. The van der Waals surface area contributed by atoms with E-state index in [1.807, 2.05) is 13.0 Å². The van der Waals surface area contributed by atoms with E-state index in [0.717, 1.165) is 19.3 Å². The lowest BCUT2D eigenvalue weighted by molar-refractivity contribution is 0.314. The molecule has 0 N–H and O–H groups in total. The summed E-state index contributed by atoms with van der Waals surface area (Å²) < 4.78 is 30.2. The lowest BCUT2D eigenvalue weighted by Gasteiger charge is -2.29. The lowest BCUT2D eigenvalue weighted by atomic mass is 10.2. The molecule has 1 atom stereocenters. The number of hydrogen-bond donors (Lipinski definition) is 0. The quantitative estimate of drug-likeness (QED) is 0.420. The molecule has 0 aliphatic rings. The Labute approximate surface area is 188 Å². The van der Waals surface area contributed by atoms with Gasteiger partial charge >= 0.3 is 0 Å². The predicted molar refractivity (Wildman–Crippen MR) is 125 cm³/mol. The topological polar surface area (TPSA) is 72.3 Å². The van der Waals surface area contributed by atoms with Gasteiger partial charge in [0.2, 0.25) is 10.0 Å². The summed E-state index contributed by atoms with van der Waals surface area (Å²) >= 11 is 5.96. The molecule has 0 aliphatic carbocycles. The summed E-state index contributed by atoms with van der Waals surface area (Å²) in [6.45, 7) is 6.47. The highest BCUT2D eigenvalue weighted by Crippen LogP contribution is 2.28. The van der Waals surface area contributed by atoms with Gasteiger partial charge in [-0.2, -0.15) is 4.31 Å². The number of aromatic nitrogens is 2. The number of halogens is 1. The summed E-state index contributed by atoms with van der Waals surface area (Å²) in [6, 6.07) is 12.7.